The van der Waals surface area contributed by atoms with Gasteiger partial charge < -0.3 is 19.8 Å². The number of carbonyl (C=O) groups is 1. The number of methoxy groups -OCH3 is 1. The smallest absolute Gasteiger partial charge is 0.268 e. The third-order valence-corrected chi connectivity index (χ3v) is 6.93. The van der Waals surface area contributed by atoms with Gasteiger partial charge in [-0.15, -0.1) is 0 Å². The lowest BCUT2D eigenvalue weighted by atomic mass is 9.86. The number of H-pyrrole nitrogens is 1. The summed E-state index contributed by atoms with van der Waals surface area (Å²) < 4.78 is 23.6. The molecule has 1 aliphatic heterocycles. The minimum atomic E-state index is -1.67. The van der Waals surface area contributed by atoms with Crippen molar-refractivity contribution in [2.45, 2.75) is 44.7 Å². The minimum Gasteiger partial charge on any atom is -0.497 e. The molecule has 0 saturated heterocycles. The zero-order chi connectivity index (χ0) is 27.4. The fourth-order valence-corrected chi connectivity index (χ4v) is 5.00. The van der Waals surface area contributed by atoms with Crippen LogP contribution in [0.2, 0.25) is 0 Å². The van der Waals surface area contributed by atoms with Crippen LogP contribution >= 0.6 is 0 Å². The summed E-state index contributed by atoms with van der Waals surface area (Å²) in [6.07, 6.45) is 3.36. The van der Waals surface area contributed by atoms with E-state index in [-0.39, 0.29) is 5.91 Å². The quantitative estimate of drug-likeness (QED) is 0.311. The Morgan fingerprint density at radius 1 is 1.16 bits per heavy atom. The van der Waals surface area contributed by atoms with E-state index in [2.05, 4.69) is 15.3 Å². The third kappa shape index (κ3) is 5.20. The summed E-state index contributed by atoms with van der Waals surface area (Å²) in [6, 6.07) is 16.5. The van der Waals surface area contributed by atoms with Crippen molar-refractivity contribution < 1.29 is 18.5 Å². The molecule has 0 radical (unpaired) electrons. The molecule has 0 saturated carbocycles. The molecule has 8 nitrogen and oxygen atoms in total. The maximum atomic E-state index is 13.6. The van der Waals surface area contributed by atoms with Crippen LogP contribution in [-0.4, -0.2) is 27.2 Å². The van der Waals surface area contributed by atoms with Gasteiger partial charge in [0, 0.05) is 29.4 Å². The number of pyridine rings is 1. The second-order valence-corrected chi connectivity index (χ2v) is 10.0. The van der Waals surface area contributed by atoms with E-state index in [9.17, 15) is 9.00 Å². The molecule has 4 N–H and O–H groups in total. The highest BCUT2D eigenvalue weighted by atomic mass is 32.2. The van der Waals surface area contributed by atoms with Crippen LogP contribution in [-0.2, 0) is 23.1 Å². The minimum absolute atomic E-state index is 0.277. The van der Waals surface area contributed by atoms with Gasteiger partial charge in [0.15, 0.2) is 0 Å². The molecular weight excluding hydrogens is 500 g/mol. The van der Waals surface area contributed by atoms with E-state index in [0.717, 1.165) is 28.1 Å². The average Bonchev–Trinajstić information content (AvgIpc) is 3.35. The van der Waals surface area contributed by atoms with Gasteiger partial charge in [0.1, 0.15) is 33.8 Å². The molecule has 5 rings (SSSR count). The van der Waals surface area contributed by atoms with Crippen LogP contribution in [0, 0.1) is 0 Å². The van der Waals surface area contributed by atoms with Gasteiger partial charge in [-0.05, 0) is 55.3 Å². The number of carbonyl (C=O) groups excluding carboxylic acids is 1. The van der Waals surface area contributed by atoms with Gasteiger partial charge in [0.25, 0.3) is 5.91 Å². The first kappa shape index (κ1) is 27.1. The number of nitrogens with zero attached hydrogens (tertiary/aromatic N) is 1. The van der Waals surface area contributed by atoms with Gasteiger partial charge in [-0.3, -0.25) is 9.78 Å². The molecular formula is C29H32N4O4S. The second-order valence-electron chi connectivity index (χ2n) is 8.97. The van der Waals surface area contributed by atoms with Gasteiger partial charge in [0.05, 0.1) is 23.9 Å². The first-order valence-electron chi connectivity index (χ1n) is 12.4. The molecule has 0 fully saturated rings. The number of aromatic amines is 1. The molecule has 0 bridgehead atoms. The topological polar surface area (TPSA) is 119 Å². The van der Waals surface area contributed by atoms with Crippen molar-refractivity contribution in [1.82, 2.24) is 15.3 Å². The summed E-state index contributed by atoms with van der Waals surface area (Å²) in [4.78, 5) is 21.6. The zero-order valence-electron chi connectivity index (χ0n) is 22.1. The maximum absolute atomic E-state index is 13.6. The van der Waals surface area contributed by atoms with E-state index >= 15 is 0 Å². The first-order chi connectivity index (χ1) is 18.3. The summed E-state index contributed by atoms with van der Waals surface area (Å²) in [7, 11) is -0.0560. The summed E-state index contributed by atoms with van der Waals surface area (Å²) in [6.45, 7) is 8.23. The SMILES string of the molecule is CC.COc1ccc(CNC(=O)c2[nH]c3c(c2-c2cccc(S(N)=O)c2)C(C)(C)Oc2cnccc2-3)cc1. The van der Waals surface area contributed by atoms with Crippen LogP contribution in [0.25, 0.3) is 22.4 Å². The highest BCUT2D eigenvalue weighted by Gasteiger charge is 2.39. The maximum Gasteiger partial charge on any atom is 0.268 e. The number of amides is 1. The van der Waals surface area contributed by atoms with Gasteiger partial charge in [-0.25, -0.2) is 9.35 Å². The summed E-state index contributed by atoms with van der Waals surface area (Å²) in [5, 5.41) is 8.68. The molecule has 4 aromatic rings. The monoisotopic (exact) mass is 532 g/mol. The van der Waals surface area contributed by atoms with Crippen molar-refractivity contribution in [1.29, 1.82) is 0 Å². The van der Waals surface area contributed by atoms with Crippen LogP contribution in [0.5, 0.6) is 11.5 Å². The Hall–Kier alpha value is -3.95. The van der Waals surface area contributed by atoms with Crippen molar-refractivity contribution in [2.24, 2.45) is 5.14 Å². The number of fused-ring (bicyclic) bond motifs is 3. The fraction of sp³-hybridized carbons (Fsp3) is 0.241. The number of ether oxygens (including phenoxy) is 2. The molecule has 1 aliphatic rings. The van der Waals surface area contributed by atoms with Crippen molar-refractivity contribution in [2.75, 3.05) is 7.11 Å². The highest BCUT2D eigenvalue weighted by Crippen LogP contribution is 2.49. The second kappa shape index (κ2) is 11.2. The van der Waals surface area contributed by atoms with Gasteiger partial charge >= 0.3 is 0 Å². The summed E-state index contributed by atoms with van der Waals surface area (Å²) >= 11 is 0. The predicted octanol–water partition coefficient (Wildman–Crippen LogP) is 5.32. The molecule has 38 heavy (non-hydrogen) atoms. The normalized spacial score (nSPS) is 13.6. The summed E-state index contributed by atoms with van der Waals surface area (Å²) in [5.74, 6) is 1.10. The van der Waals surface area contributed by atoms with Crippen LogP contribution in [0.3, 0.4) is 0 Å². The number of nitrogens with one attached hydrogen (secondary N) is 2. The summed E-state index contributed by atoms with van der Waals surface area (Å²) in [5.41, 5.74) is 4.36. The van der Waals surface area contributed by atoms with E-state index in [1.54, 1.807) is 37.7 Å². The number of hydrogen-bond donors (Lipinski definition) is 3. The van der Waals surface area contributed by atoms with Gasteiger partial charge in [-0.2, -0.15) is 0 Å². The lowest BCUT2D eigenvalue weighted by Crippen LogP contribution is -2.29. The molecule has 1 atom stereocenters. The number of hydrogen-bond acceptors (Lipinski definition) is 5. The molecule has 1 unspecified atom stereocenters. The Balaban J connectivity index is 0.00000164. The zero-order valence-corrected chi connectivity index (χ0v) is 22.9. The first-order valence-corrected chi connectivity index (χ1v) is 13.6. The average molecular weight is 533 g/mol. The third-order valence-electron chi connectivity index (χ3n) is 6.22. The largest absolute Gasteiger partial charge is 0.497 e. The van der Waals surface area contributed by atoms with E-state index in [1.807, 2.05) is 64.1 Å². The van der Waals surface area contributed by atoms with E-state index in [4.69, 9.17) is 14.6 Å². The Labute approximate surface area is 225 Å². The number of nitrogens with two attached hydrogens (primary N) is 1. The predicted molar refractivity (Wildman–Crippen MR) is 149 cm³/mol. The van der Waals surface area contributed by atoms with Crippen LogP contribution in [0.1, 0.15) is 49.3 Å². The van der Waals surface area contributed by atoms with Gasteiger partial charge in [0.2, 0.25) is 0 Å². The lowest BCUT2D eigenvalue weighted by Gasteiger charge is -2.33. The van der Waals surface area contributed by atoms with Crippen molar-refractivity contribution in [3.63, 3.8) is 0 Å². The van der Waals surface area contributed by atoms with Crippen molar-refractivity contribution in [3.8, 4) is 33.9 Å². The highest BCUT2D eigenvalue weighted by molar-refractivity contribution is 7.82. The van der Waals surface area contributed by atoms with Gasteiger partial charge in [-0.1, -0.05) is 38.1 Å². The van der Waals surface area contributed by atoms with Crippen molar-refractivity contribution >= 4 is 16.9 Å². The fourth-order valence-electron chi connectivity index (χ4n) is 4.55. The molecule has 1 amide bonds. The van der Waals surface area contributed by atoms with Crippen LogP contribution in [0.15, 0.2) is 71.9 Å². The van der Waals surface area contributed by atoms with E-state index in [0.29, 0.717) is 34.0 Å². The standard InChI is InChI=1S/C27H26N4O4S.C2H6/c1-27(2)23-22(17-5-4-6-19(13-17)36(28)33)25(31-24(23)20-11-12-29-15-21(20)35-27)26(32)30-14-16-7-9-18(34-3)10-8-16;1-2/h4-13,15,31H,14,28H2,1-3H3,(H,30,32);1-2H3. The Kier molecular flexibility index (Phi) is 7.99. The molecule has 2 aromatic heterocycles. The lowest BCUT2D eigenvalue weighted by molar-refractivity contribution is 0.0947. The van der Waals surface area contributed by atoms with Crippen LogP contribution in [0.4, 0.5) is 0 Å². The molecule has 0 aliphatic carbocycles. The molecule has 9 heteroatoms. The molecule has 0 spiro atoms. The number of aromatic nitrogens is 2. The Morgan fingerprint density at radius 2 is 1.89 bits per heavy atom. The van der Waals surface area contributed by atoms with Crippen LogP contribution < -0.4 is 19.9 Å². The molecule has 3 heterocycles. The Bertz CT molecular complexity index is 1480. The Morgan fingerprint density at radius 3 is 2.58 bits per heavy atom. The van der Waals surface area contributed by atoms with E-state index < -0.39 is 16.6 Å². The number of benzene rings is 2. The number of rotatable bonds is 6. The van der Waals surface area contributed by atoms with E-state index in [1.165, 1.54) is 0 Å². The molecule has 198 valence electrons. The molecule has 2 aromatic carbocycles. The van der Waals surface area contributed by atoms with Crippen molar-refractivity contribution in [3.05, 3.63) is 83.8 Å².